The summed E-state index contributed by atoms with van der Waals surface area (Å²) in [5.41, 5.74) is 0. The molecule has 6 aliphatic rings. The molecule has 0 aromatic carbocycles. The van der Waals surface area contributed by atoms with E-state index in [4.69, 9.17) is 0 Å². The fourth-order valence-corrected chi connectivity index (χ4v) is 3.97. The van der Waals surface area contributed by atoms with Gasteiger partial charge in [0.2, 0.25) is 11.6 Å². The Morgan fingerprint density at radius 1 is 0.625 bits per heavy atom. The second-order valence-electron chi connectivity index (χ2n) is 5.24. The molecule has 0 aromatic heterocycles. The predicted octanol–water partition coefficient (Wildman–Crippen LogP) is 1.54. The topological polar surface area (TPSA) is 34.1 Å². The third-order valence-electron chi connectivity index (χ3n) is 4.65. The van der Waals surface area contributed by atoms with E-state index in [-0.39, 0.29) is 23.4 Å². The number of rotatable bonds is 0. The molecule has 0 heterocycles. The van der Waals surface area contributed by atoms with Gasteiger partial charge in [0.05, 0.1) is 0 Å². The van der Waals surface area contributed by atoms with Crippen LogP contribution in [0, 0.1) is 35.5 Å². The lowest BCUT2D eigenvalue weighted by Gasteiger charge is -2.51. The number of carbonyl (C=O) groups excluding carboxylic acids is 2. The van der Waals surface area contributed by atoms with Crippen LogP contribution >= 0.6 is 0 Å². The molecule has 16 heavy (non-hydrogen) atoms. The van der Waals surface area contributed by atoms with Gasteiger partial charge in [-0.1, -0.05) is 36.5 Å². The van der Waals surface area contributed by atoms with Crippen LogP contribution in [0.5, 0.6) is 0 Å². The summed E-state index contributed by atoms with van der Waals surface area (Å²) in [5.74, 6) is 0.829. The number of hydrogen-bond acceptors (Lipinski definition) is 2. The van der Waals surface area contributed by atoms with Crippen molar-refractivity contribution < 1.29 is 9.59 Å². The van der Waals surface area contributed by atoms with E-state index in [1.165, 1.54) is 0 Å². The number of hydrogen-bond donors (Lipinski definition) is 0. The molecule has 6 rings (SSSR count). The van der Waals surface area contributed by atoms with Crippen molar-refractivity contribution in [2.75, 3.05) is 0 Å². The van der Waals surface area contributed by atoms with Crippen molar-refractivity contribution in [3.8, 4) is 0 Å². The highest BCUT2D eigenvalue weighted by Crippen LogP contribution is 2.53. The normalized spacial score (nSPS) is 51.2. The Labute approximate surface area is 93.7 Å². The fourth-order valence-electron chi connectivity index (χ4n) is 3.97. The summed E-state index contributed by atoms with van der Waals surface area (Å²) in [7, 11) is 0. The van der Waals surface area contributed by atoms with E-state index in [9.17, 15) is 9.59 Å². The maximum absolute atomic E-state index is 11.9. The van der Waals surface area contributed by atoms with Crippen LogP contribution < -0.4 is 0 Å². The van der Waals surface area contributed by atoms with Gasteiger partial charge in [-0.2, -0.15) is 0 Å². The second-order valence-corrected chi connectivity index (χ2v) is 5.24. The van der Waals surface area contributed by atoms with Gasteiger partial charge in [-0.15, -0.1) is 0 Å². The van der Waals surface area contributed by atoms with Gasteiger partial charge >= 0.3 is 0 Å². The minimum atomic E-state index is -0.150. The molecule has 4 atom stereocenters. The van der Waals surface area contributed by atoms with E-state index in [0.29, 0.717) is 23.7 Å². The largest absolute Gasteiger partial charge is 0.290 e. The zero-order valence-electron chi connectivity index (χ0n) is 8.74. The summed E-state index contributed by atoms with van der Waals surface area (Å²) in [4.78, 5) is 23.7. The van der Waals surface area contributed by atoms with Crippen LogP contribution in [0.4, 0.5) is 0 Å². The third-order valence-corrected chi connectivity index (χ3v) is 4.65. The highest BCUT2D eigenvalue weighted by molar-refractivity contribution is 6.41. The molecule has 1 fully saturated rings. The SMILES string of the molecule is O=C1C(=O)C2C=CC1C1C3C=CC(C=C3)C21. The maximum Gasteiger partial charge on any atom is 0.206 e. The van der Waals surface area contributed by atoms with Crippen LogP contribution in [0.3, 0.4) is 0 Å². The van der Waals surface area contributed by atoms with Gasteiger partial charge in [0.15, 0.2) is 0 Å². The molecule has 4 bridgehead atoms. The molecule has 0 N–H and O–H groups in total. The monoisotopic (exact) mass is 212 g/mol. The molecular weight excluding hydrogens is 200 g/mol. The third kappa shape index (κ3) is 0.809. The van der Waals surface area contributed by atoms with Crippen LogP contribution in [0.15, 0.2) is 36.5 Å². The van der Waals surface area contributed by atoms with Crippen molar-refractivity contribution in [2.45, 2.75) is 0 Å². The Balaban J connectivity index is 1.90. The van der Waals surface area contributed by atoms with Gasteiger partial charge in [0.1, 0.15) is 0 Å². The highest BCUT2D eigenvalue weighted by Gasteiger charge is 2.56. The Morgan fingerprint density at radius 3 is 1.38 bits per heavy atom. The quantitative estimate of drug-likeness (QED) is 0.451. The first-order valence-electron chi connectivity index (χ1n) is 5.90. The maximum atomic E-state index is 11.9. The van der Waals surface area contributed by atoms with Crippen molar-refractivity contribution in [1.29, 1.82) is 0 Å². The lowest BCUT2D eigenvalue weighted by molar-refractivity contribution is -0.148. The van der Waals surface area contributed by atoms with Crippen LogP contribution in [0.25, 0.3) is 0 Å². The van der Waals surface area contributed by atoms with Crippen LogP contribution in [0.2, 0.25) is 0 Å². The molecule has 6 aliphatic carbocycles. The number of ketones is 2. The summed E-state index contributed by atoms with van der Waals surface area (Å²) in [6.45, 7) is 0. The number of carbonyl (C=O) groups is 2. The standard InChI is InChI=1S/C14H12O2/c15-13-9-5-6-10(14(13)16)12-8-2-1-7(3-4-8)11(9)12/h1-12H. The zero-order valence-corrected chi connectivity index (χ0v) is 8.74. The van der Waals surface area contributed by atoms with Gasteiger partial charge < -0.3 is 0 Å². The molecule has 1 saturated carbocycles. The van der Waals surface area contributed by atoms with E-state index in [1.54, 1.807) is 0 Å². The Bertz CT molecular complexity index is 427. The van der Waals surface area contributed by atoms with E-state index < -0.39 is 0 Å². The van der Waals surface area contributed by atoms with E-state index in [0.717, 1.165) is 0 Å². The van der Waals surface area contributed by atoms with Crippen molar-refractivity contribution in [3.63, 3.8) is 0 Å². The Hall–Kier alpha value is -1.44. The summed E-state index contributed by atoms with van der Waals surface area (Å²) < 4.78 is 0. The van der Waals surface area contributed by atoms with E-state index >= 15 is 0 Å². The molecule has 0 amide bonds. The molecule has 0 radical (unpaired) electrons. The van der Waals surface area contributed by atoms with Gasteiger partial charge in [0.25, 0.3) is 0 Å². The molecule has 80 valence electrons. The van der Waals surface area contributed by atoms with Gasteiger partial charge in [0, 0.05) is 11.8 Å². The minimum absolute atomic E-state index is 0.148. The average Bonchev–Trinajstić information content (AvgIpc) is 2.36. The summed E-state index contributed by atoms with van der Waals surface area (Å²) in [5, 5.41) is 0. The minimum Gasteiger partial charge on any atom is -0.290 e. The van der Waals surface area contributed by atoms with Crippen LogP contribution in [-0.4, -0.2) is 11.6 Å². The molecule has 0 aliphatic heterocycles. The number of allylic oxidation sites excluding steroid dienone is 6. The van der Waals surface area contributed by atoms with E-state index in [1.807, 2.05) is 12.2 Å². The van der Waals surface area contributed by atoms with E-state index in [2.05, 4.69) is 24.3 Å². The van der Waals surface area contributed by atoms with Gasteiger partial charge in [-0.05, 0) is 23.7 Å². The smallest absolute Gasteiger partial charge is 0.206 e. The number of fused-ring (bicyclic) bond motifs is 1. The summed E-state index contributed by atoms with van der Waals surface area (Å²) in [6.07, 6.45) is 12.8. The molecule has 2 heteroatoms. The average molecular weight is 212 g/mol. The van der Waals surface area contributed by atoms with Crippen LogP contribution in [0.1, 0.15) is 0 Å². The van der Waals surface area contributed by atoms with Gasteiger partial charge in [-0.25, -0.2) is 0 Å². The number of Topliss-reactive ketones (excluding diaryl/α,β-unsaturated/α-hetero) is 2. The lowest BCUT2D eigenvalue weighted by atomic mass is 9.50. The Kier molecular flexibility index (Phi) is 1.42. The summed E-state index contributed by atoms with van der Waals surface area (Å²) in [6, 6.07) is 0. The van der Waals surface area contributed by atoms with Gasteiger partial charge in [-0.3, -0.25) is 9.59 Å². The highest BCUT2D eigenvalue weighted by atomic mass is 16.2. The second kappa shape index (κ2) is 2.62. The first-order valence-corrected chi connectivity index (χ1v) is 5.90. The lowest BCUT2D eigenvalue weighted by Crippen LogP contribution is -2.55. The van der Waals surface area contributed by atoms with Crippen LogP contribution in [-0.2, 0) is 9.59 Å². The molecule has 2 nitrogen and oxygen atoms in total. The van der Waals surface area contributed by atoms with Crippen molar-refractivity contribution in [2.24, 2.45) is 35.5 Å². The fraction of sp³-hybridized carbons (Fsp3) is 0.429. The zero-order chi connectivity index (χ0) is 10.9. The first kappa shape index (κ1) is 8.68. The van der Waals surface area contributed by atoms with Crippen molar-refractivity contribution in [1.82, 2.24) is 0 Å². The molecule has 4 unspecified atom stereocenters. The van der Waals surface area contributed by atoms with Crippen molar-refractivity contribution in [3.05, 3.63) is 36.5 Å². The first-order chi connectivity index (χ1) is 7.77. The Morgan fingerprint density at radius 2 is 1.00 bits per heavy atom. The van der Waals surface area contributed by atoms with Crippen molar-refractivity contribution >= 4 is 11.6 Å². The summed E-state index contributed by atoms with van der Waals surface area (Å²) >= 11 is 0. The molecule has 0 aromatic rings. The molecule has 0 spiro atoms. The molecular formula is C14H12O2. The molecule has 0 saturated heterocycles. The predicted molar refractivity (Wildman–Crippen MR) is 58.4 cm³/mol.